The summed E-state index contributed by atoms with van der Waals surface area (Å²) >= 11 is 0. The molecule has 1 aromatic heterocycles. The Hall–Kier alpha value is -1.41. The van der Waals surface area contributed by atoms with E-state index in [1.165, 1.54) is 20.8 Å². The van der Waals surface area contributed by atoms with Crippen molar-refractivity contribution in [1.82, 2.24) is 9.88 Å². The molecule has 0 fully saturated rings. The third kappa shape index (κ3) is 4.04. The standard InChI is InChI=1S/C12H20N2O5S/c1-7-10(9(3)19-13-7)20(16,17)14-8(2)11(15)18-12(4,5)6/h8,14H,1-6H3/t8-/m0/s1. The highest BCUT2D eigenvalue weighted by molar-refractivity contribution is 7.89. The van der Waals surface area contributed by atoms with Crippen LogP contribution in [0.4, 0.5) is 0 Å². The number of sulfonamides is 1. The third-order valence-electron chi connectivity index (χ3n) is 2.33. The molecule has 7 nitrogen and oxygen atoms in total. The SMILES string of the molecule is Cc1noc(C)c1S(=O)(=O)N[C@@H](C)C(=O)OC(C)(C)C. The van der Waals surface area contributed by atoms with E-state index in [0.29, 0.717) is 0 Å². The highest BCUT2D eigenvalue weighted by Gasteiger charge is 2.30. The normalized spacial score (nSPS) is 14.1. The predicted octanol–water partition coefficient (Wildman–Crippen LogP) is 1.30. The van der Waals surface area contributed by atoms with Gasteiger partial charge >= 0.3 is 5.97 Å². The average Bonchev–Trinajstić information content (AvgIpc) is 2.55. The Morgan fingerprint density at radius 1 is 1.35 bits per heavy atom. The second-order valence-electron chi connectivity index (χ2n) is 5.53. The van der Waals surface area contributed by atoms with Crippen molar-refractivity contribution in [2.45, 2.75) is 58.1 Å². The van der Waals surface area contributed by atoms with E-state index < -0.39 is 27.6 Å². The molecule has 0 unspecified atom stereocenters. The molecular weight excluding hydrogens is 284 g/mol. The molecule has 1 N–H and O–H groups in total. The fraction of sp³-hybridized carbons (Fsp3) is 0.667. The second-order valence-corrected chi connectivity index (χ2v) is 7.18. The van der Waals surface area contributed by atoms with Crippen molar-refractivity contribution >= 4 is 16.0 Å². The summed E-state index contributed by atoms with van der Waals surface area (Å²) in [5.74, 6) is -0.473. The van der Waals surface area contributed by atoms with Gasteiger partial charge in [-0.05, 0) is 41.5 Å². The van der Waals surface area contributed by atoms with Gasteiger partial charge in [0.1, 0.15) is 22.2 Å². The highest BCUT2D eigenvalue weighted by Crippen LogP contribution is 2.19. The summed E-state index contributed by atoms with van der Waals surface area (Å²) in [6.07, 6.45) is 0. The molecule has 1 rings (SSSR count). The maximum Gasteiger partial charge on any atom is 0.324 e. The number of esters is 1. The van der Waals surface area contributed by atoms with Crippen molar-refractivity contribution in [3.63, 3.8) is 0 Å². The zero-order valence-electron chi connectivity index (χ0n) is 12.5. The van der Waals surface area contributed by atoms with Gasteiger partial charge in [0.15, 0.2) is 5.76 Å². The van der Waals surface area contributed by atoms with Crippen molar-refractivity contribution in [2.24, 2.45) is 0 Å². The van der Waals surface area contributed by atoms with Crippen LogP contribution in [0.15, 0.2) is 9.42 Å². The van der Waals surface area contributed by atoms with Crippen molar-refractivity contribution in [1.29, 1.82) is 0 Å². The lowest BCUT2D eigenvalue weighted by Crippen LogP contribution is -2.42. The number of rotatable bonds is 4. The quantitative estimate of drug-likeness (QED) is 0.842. The van der Waals surface area contributed by atoms with Gasteiger partial charge in [0.25, 0.3) is 0 Å². The molecule has 0 radical (unpaired) electrons. The topological polar surface area (TPSA) is 98.5 Å². The Bertz CT molecular complexity index is 578. The molecule has 1 heterocycles. The summed E-state index contributed by atoms with van der Waals surface area (Å²) in [6.45, 7) is 9.56. The molecule has 0 bridgehead atoms. The zero-order valence-corrected chi connectivity index (χ0v) is 13.3. The minimum atomic E-state index is -3.89. The molecule has 0 spiro atoms. The zero-order chi connectivity index (χ0) is 15.7. The van der Waals surface area contributed by atoms with E-state index in [2.05, 4.69) is 9.88 Å². The lowest BCUT2D eigenvalue weighted by molar-refractivity contribution is -0.156. The number of ether oxygens (including phenoxy) is 1. The summed E-state index contributed by atoms with van der Waals surface area (Å²) in [7, 11) is -3.89. The van der Waals surface area contributed by atoms with Gasteiger partial charge in [0, 0.05) is 0 Å². The van der Waals surface area contributed by atoms with Gasteiger partial charge in [-0.3, -0.25) is 4.79 Å². The van der Waals surface area contributed by atoms with Gasteiger partial charge in [-0.15, -0.1) is 0 Å². The molecule has 8 heteroatoms. The first-order valence-corrected chi connectivity index (χ1v) is 7.60. The summed E-state index contributed by atoms with van der Waals surface area (Å²) in [5, 5.41) is 3.58. The van der Waals surface area contributed by atoms with E-state index in [1.807, 2.05) is 0 Å². The largest absolute Gasteiger partial charge is 0.459 e. The number of aryl methyl sites for hydroxylation is 2. The molecule has 0 saturated carbocycles. The van der Waals surface area contributed by atoms with Crippen LogP contribution in [0.1, 0.15) is 39.1 Å². The molecule has 1 aromatic rings. The van der Waals surface area contributed by atoms with Gasteiger partial charge in [0.05, 0.1) is 0 Å². The van der Waals surface area contributed by atoms with E-state index >= 15 is 0 Å². The van der Waals surface area contributed by atoms with Crippen LogP contribution in [0.5, 0.6) is 0 Å². The Kier molecular flexibility index (Phi) is 4.60. The molecule has 0 aliphatic carbocycles. The maximum absolute atomic E-state index is 12.2. The van der Waals surface area contributed by atoms with Gasteiger partial charge < -0.3 is 9.26 Å². The molecule has 0 amide bonds. The van der Waals surface area contributed by atoms with Crippen LogP contribution in [0, 0.1) is 13.8 Å². The van der Waals surface area contributed by atoms with Crippen molar-refractivity contribution in [3.8, 4) is 0 Å². The molecule has 0 aliphatic rings. The van der Waals surface area contributed by atoms with Gasteiger partial charge in [-0.25, -0.2) is 8.42 Å². The Labute approximate surface area is 118 Å². The highest BCUT2D eigenvalue weighted by atomic mass is 32.2. The van der Waals surface area contributed by atoms with Crippen molar-refractivity contribution in [3.05, 3.63) is 11.5 Å². The molecule has 20 heavy (non-hydrogen) atoms. The second kappa shape index (κ2) is 5.53. The van der Waals surface area contributed by atoms with Crippen molar-refractivity contribution < 1.29 is 22.5 Å². The van der Waals surface area contributed by atoms with Crippen LogP contribution >= 0.6 is 0 Å². The smallest absolute Gasteiger partial charge is 0.324 e. The number of carbonyl (C=O) groups is 1. The first kappa shape index (κ1) is 16.6. The first-order valence-electron chi connectivity index (χ1n) is 6.12. The fourth-order valence-corrected chi connectivity index (χ4v) is 3.11. The van der Waals surface area contributed by atoms with Gasteiger partial charge in [0.2, 0.25) is 10.0 Å². The van der Waals surface area contributed by atoms with Gasteiger partial charge in [-0.2, -0.15) is 4.72 Å². The molecular formula is C12H20N2O5S. The summed E-state index contributed by atoms with van der Waals surface area (Å²) in [6, 6.07) is -1.01. The molecule has 0 aliphatic heterocycles. The minimum Gasteiger partial charge on any atom is -0.459 e. The van der Waals surface area contributed by atoms with Crippen LogP contribution in [0.2, 0.25) is 0 Å². The Morgan fingerprint density at radius 2 is 1.90 bits per heavy atom. The maximum atomic E-state index is 12.2. The fourth-order valence-electron chi connectivity index (χ4n) is 1.59. The summed E-state index contributed by atoms with van der Waals surface area (Å²) in [4.78, 5) is 11.7. The van der Waals surface area contributed by atoms with E-state index in [1.54, 1.807) is 20.8 Å². The number of nitrogens with one attached hydrogen (secondary N) is 1. The lowest BCUT2D eigenvalue weighted by atomic mass is 10.2. The number of hydrogen-bond donors (Lipinski definition) is 1. The minimum absolute atomic E-state index is 0.0482. The number of hydrogen-bond acceptors (Lipinski definition) is 6. The van der Waals surface area contributed by atoms with Crippen LogP contribution in [-0.4, -0.2) is 31.2 Å². The van der Waals surface area contributed by atoms with Crippen LogP contribution in [0.3, 0.4) is 0 Å². The molecule has 1 atom stereocenters. The number of nitrogens with zero attached hydrogens (tertiary/aromatic N) is 1. The predicted molar refractivity (Wildman–Crippen MR) is 71.6 cm³/mol. The Morgan fingerprint density at radius 3 is 2.30 bits per heavy atom. The van der Waals surface area contributed by atoms with Crippen molar-refractivity contribution in [2.75, 3.05) is 0 Å². The lowest BCUT2D eigenvalue weighted by Gasteiger charge is -2.22. The van der Waals surface area contributed by atoms with E-state index in [4.69, 9.17) is 9.26 Å². The van der Waals surface area contributed by atoms with Gasteiger partial charge in [-0.1, -0.05) is 5.16 Å². The number of aromatic nitrogens is 1. The molecule has 114 valence electrons. The summed E-state index contributed by atoms with van der Waals surface area (Å²) in [5.41, 5.74) is -0.439. The monoisotopic (exact) mass is 304 g/mol. The van der Waals surface area contributed by atoms with E-state index in [9.17, 15) is 13.2 Å². The van der Waals surface area contributed by atoms with Crippen LogP contribution < -0.4 is 4.72 Å². The summed E-state index contributed by atoms with van der Waals surface area (Å²) < 4.78 is 36.6. The molecule has 0 saturated heterocycles. The van der Waals surface area contributed by atoms with E-state index in [0.717, 1.165) is 0 Å². The van der Waals surface area contributed by atoms with Crippen LogP contribution in [-0.2, 0) is 19.6 Å². The average molecular weight is 304 g/mol. The van der Waals surface area contributed by atoms with Crippen LogP contribution in [0.25, 0.3) is 0 Å². The number of carbonyl (C=O) groups excluding carboxylic acids is 1. The molecule has 0 aromatic carbocycles. The Balaban J connectivity index is 2.90. The first-order chi connectivity index (χ1) is 8.94. The van der Waals surface area contributed by atoms with E-state index in [-0.39, 0.29) is 16.3 Å². The third-order valence-corrected chi connectivity index (χ3v) is 4.11.